The molecule has 0 aromatic heterocycles. The monoisotopic (exact) mass is 327 g/mol. The van der Waals surface area contributed by atoms with Crippen LogP contribution in [-0.2, 0) is 4.79 Å². The van der Waals surface area contributed by atoms with Crippen LogP contribution in [0.3, 0.4) is 0 Å². The van der Waals surface area contributed by atoms with Crippen molar-refractivity contribution in [3.05, 3.63) is 34.4 Å². The summed E-state index contributed by atoms with van der Waals surface area (Å²) < 4.78 is 0. The molecule has 2 atom stereocenters. The van der Waals surface area contributed by atoms with Crippen molar-refractivity contribution >= 4 is 5.78 Å². The Morgan fingerprint density at radius 3 is 2.46 bits per heavy atom. The highest BCUT2D eigenvalue weighted by Gasteiger charge is 2.27. The Bertz CT molecular complexity index is 581. The average molecular weight is 328 g/mol. The van der Waals surface area contributed by atoms with Gasteiger partial charge in [0.2, 0.25) is 0 Å². The fraction of sp³-hybridized carbons (Fsp3) is 0.682. The van der Waals surface area contributed by atoms with Gasteiger partial charge < -0.3 is 0 Å². The van der Waals surface area contributed by atoms with Gasteiger partial charge in [-0.25, -0.2) is 0 Å². The van der Waals surface area contributed by atoms with Gasteiger partial charge in [0.1, 0.15) is 0 Å². The van der Waals surface area contributed by atoms with Gasteiger partial charge in [-0.2, -0.15) is 0 Å². The lowest BCUT2D eigenvalue weighted by Crippen LogP contribution is -2.35. The molecule has 2 aliphatic carbocycles. The second-order valence-corrected chi connectivity index (χ2v) is 8.30. The van der Waals surface area contributed by atoms with E-state index >= 15 is 0 Å². The van der Waals surface area contributed by atoms with Crippen molar-refractivity contribution in [2.75, 3.05) is 20.1 Å². The lowest BCUT2D eigenvalue weighted by Gasteiger charge is -2.30. The molecule has 132 valence electrons. The number of carbonyl (C=O) groups excluding carboxylic acids is 1. The lowest BCUT2D eigenvalue weighted by molar-refractivity contribution is -0.113. The summed E-state index contributed by atoms with van der Waals surface area (Å²) in [7, 11) is 2.14. The molecule has 3 aliphatic rings. The topological polar surface area (TPSA) is 20.3 Å². The minimum Gasteiger partial charge on any atom is -0.298 e. The van der Waals surface area contributed by atoms with E-state index in [1.54, 1.807) is 0 Å². The van der Waals surface area contributed by atoms with E-state index in [0.29, 0.717) is 11.7 Å². The summed E-state index contributed by atoms with van der Waals surface area (Å²) in [5.41, 5.74) is 4.96. The molecule has 0 amide bonds. The van der Waals surface area contributed by atoms with Gasteiger partial charge in [-0.1, -0.05) is 43.9 Å². The van der Waals surface area contributed by atoms with Crippen LogP contribution in [0.15, 0.2) is 34.4 Å². The first-order valence-electron chi connectivity index (χ1n) is 9.87. The largest absolute Gasteiger partial charge is 0.298 e. The van der Waals surface area contributed by atoms with Crippen molar-refractivity contribution in [2.24, 2.45) is 11.8 Å². The number of hydrogen-bond acceptors (Lipinski definition) is 2. The van der Waals surface area contributed by atoms with Crippen molar-refractivity contribution in [1.29, 1.82) is 0 Å². The minimum absolute atomic E-state index is 0.316. The third kappa shape index (κ3) is 4.08. The molecule has 3 rings (SSSR count). The zero-order chi connectivity index (χ0) is 17.1. The molecule has 1 saturated heterocycles. The second kappa shape index (κ2) is 7.82. The van der Waals surface area contributed by atoms with Crippen LogP contribution in [0.4, 0.5) is 0 Å². The van der Waals surface area contributed by atoms with Gasteiger partial charge in [-0.15, -0.1) is 0 Å². The molecule has 0 N–H and O–H groups in total. The van der Waals surface area contributed by atoms with Crippen molar-refractivity contribution < 1.29 is 4.79 Å². The molecule has 0 spiro atoms. The molecule has 0 radical (unpaired) electrons. The van der Waals surface area contributed by atoms with Gasteiger partial charge in [0.25, 0.3) is 0 Å². The van der Waals surface area contributed by atoms with Crippen molar-refractivity contribution in [2.45, 2.75) is 65.2 Å². The second-order valence-electron chi connectivity index (χ2n) is 8.30. The van der Waals surface area contributed by atoms with Crippen molar-refractivity contribution in [3.63, 3.8) is 0 Å². The highest BCUT2D eigenvalue weighted by molar-refractivity contribution is 6.10. The Morgan fingerprint density at radius 2 is 1.71 bits per heavy atom. The van der Waals surface area contributed by atoms with E-state index in [9.17, 15) is 4.79 Å². The van der Waals surface area contributed by atoms with E-state index in [1.165, 1.54) is 56.1 Å². The quantitative estimate of drug-likeness (QED) is 0.660. The Hall–Kier alpha value is -1.15. The van der Waals surface area contributed by atoms with Crippen LogP contribution in [0.5, 0.6) is 0 Å². The van der Waals surface area contributed by atoms with E-state index in [2.05, 4.69) is 37.9 Å². The maximum absolute atomic E-state index is 13.0. The SMILES string of the molecule is CC1=C(/C=C2\CN(C)C/C(=C\C3CCCCC3C)C2=O)CCCC1. The van der Waals surface area contributed by atoms with Gasteiger partial charge in [0.15, 0.2) is 5.78 Å². The molecule has 1 saturated carbocycles. The molecule has 0 aromatic carbocycles. The highest BCUT2D eigenvalue weighted by atomic mass is 16.1. The normalized spacial score (nSPS) is 33.5. The van der Waals surface area contributed by atoms with Crippen LogP contribution in [0.25, 0.3) is 0 Å². The number of likely N-dealkylation sites (N-methyl/N-ethyl adjacent to an activating group) is 1. The highest BCUT2D eigenvalue weighted by Crippen LogP contribution is 2.33. The fourth-order valence-electron chi connectivity index (χ4n) is 4.56. The van der Waals surface area contributed by atoms with Gasteiger partial charge >= 0.3 is 0 Å². The Morgan fingerprint density at radius 1 is 1.00 bits per heavy atom. The summed E-state index contributed by atoms with van der Waals surface area (Å²) in [5.74, 6) is 1.64. The Kier molecular flexibility index (Phi) is 5.76. The summed E-state index contributed by atoms with van der Waals surface area (Å²) in [5, 5.41) is 0. The van der Waals surface area contributed by atoms with Crippen LogP contribution >= 0.6 is 0 Å². The fourth-order valence-corrected chi connectivity index (χ4v) is 4.56. The number of piperidine rings is 1. The number of allylic oxidation sites excluding steroid dienone is 4. The van der Waals surface area contributed by atoms with Crippen molar-refractivity contribution in [1.82, 2.24) is 4.90 Å². The maximum Gasteiger partial charge on any atom is 0.187 e. The number of carbonyl (C=O) groups is 1. The predicted octanol–water partition coefficient (Wildman–Crippen LogP) is 5.07. The first-order chi connectivity index (χ1) is 11.5. The molecule has 0 bridgehead atoms. The minimum atomic E-state index is 0.316. The number of nitrogens with zero attached hydrogens (tertiary/aromatic N) is 1. The lowest BCUT2D eigenvalue weighted by atomic mass is 9.78. The van der Waals surface area contributed by atoms with Crippen LogP contribution in [0.1, 0.15) is 65.2 Å². The zero-order valence-corrected chi connectivity index (χ0v) is 15.7. The van der Waals surface area contributed by atoms with Crippen molar-refractivity contribution in [3.8, 4) is 0 Å². The molecule has 24 heavy (non-hydrogen) atoms. The van der Waals surface area contributed by atoms with E-state index in [1.807, 2.05) is 0 Å². The maximum atomic E-state index is 13.0. The molecular formula is C22H33NO. The zero-order valence-electron chi connectivity index (χ0n) is 15.7. The first kappa shape index (κ1) is 17.7. The van der Waals surface area contributed by atoms with Gasteiger partial charge in [-0.3, -0.25) is 9.69 Å². The molecule has 2 nitrogen and oxygen atoms in total. The number of hydrogen-bond donors (Lipinski definition) is 0. The van der Waals surface area contributed by atoms with Crippen LogP contribution < -0.4 is 0 Å². The smallest absolute Gasteiger partial charge is 0.187 e. The third-order valence-electron chi connectivity index (χ3n) is 6.20. The molecule has 2 unspecified atom stereocenters. The van der Waals surface area contributed by atoms with E-state index in [0.717, 1.165) is 36.6 Å². The van der Waals surface area contributed by atoms with E-state index < -0.39 is 0 Å². The summed E-state index contributed by atoms with van der Waals surface area (Å²) >= 11 is 0. The molecule has 0 aromatic rings. The van der Waals surface area contributed by atoms with Gasteiger partial charge in [0.05, 0.1) is 0 Å². The molecule has 1 heterocycles. The number of ketones is 1. The van der Waals surface area contributed by atoms with Gasteiger partial charge in [-0.05, 0) is 63.5 Å². The van der Waals surface area contributed by atoms with Crippen LogP contribution in [0.2, 0.25) is 0 Å². The first-order valence-corrected chi connectivity index (χ1v) is 9.87. The summed E-state index contributed by atoms with van der Waals surface area (Å²) in [6.45, 7) is 6.21. The third-order valence-corrected chi connectivity index (χ3v) is 6.20. The number of Topliss-reactive ketones (excluding diaryl/α,β-unsaturated/α-hetero) is 1. The van der Waals surface area contributed by atoms with Crippen LogP contribution in [-0.4, -0.2) is 30.8 Å². The predicted molar refractivity (Wildman–Crippen MR) is 101 cm³/mol. The van der Waals surface area contributed by atoms with Gasteiger partial charge in [0, 0.05) is 24.2 Å². The van der Waals surface area contributed by atoms with E-state index in [-0.39, 0.29) is 0 Å². The van der Waals surface area contributed by atoms with Crippen LogP contribution in [0, 0.1) is 11.8 Å². The number of likely N-dealkylation sites (tertiary alicyclic amines) is 1. The molecule has 2 heteroatoms. The molecule has 2 fully saturated rings. The number of rotatable bonds is 2. The Balaban J connectivity index is 1.83. The Labute approximate surface area is 147 Å². The standard InChI is InChI=1S/C22H33NO/c1-16-8-4-6-10-18(16)12-20-14-23(3)15-21(22(20)24)13-19-11-7-5-9-17(19)2/h12-13,16,18H,4-11,14-15H2,1-3H3/b20-12+,21-13+. The average Bonchev–Trinajstić information content (AvgIpc) is 2.56. The molecular weight excluding hydrogens is 294 g/mol. The summed E-state index contributed by atoms with van der Waals surface area (Å²) in [6.07, 6.45) is 14.7. The van der Waals surface area contributed by atoms with E-state index in [4.69, 9.17) is 0 Å². The summed E-state index contributed by atoms with van der Waals surface area (Å²) in [4.78, 5) is 15.3. The molecule has 1 aliphatic heterocycles. The summed E-state index contributed by atoms with van der Waals surface area (Å²) in [6, 6.07) is 0.